The van der Waals surface area contributed by atoms with Crippen molar-refractivity contribution in [1.29, 1.82) is 0 Å². The van der Waals surface area contributed by atoms with Crippen LogP contribution in [-0.4, -0.2) is 45.8 Å². The summed E-state index contributed by atoms with van der Waals surface area (Å²) < 4.78 is 36.3. The number of carbonyl (C=O) groups is 1. The zero-order valence-corrected chi connectivity index (χ0v) is 18.7. The van der Waals surface area contributed by atoms with E-state index in [1.54, 1.807) is 25.1 Å². The van der Waals surface area contributed by atoms with Crippen LogP contribution in [0.15, 0.2) is 42.5 Å². The highest BCUT2D eigenvalue weighted by molar-refractivity contribution is 7.92. The summed E-state index contributed by atoms with van der Waals surface area (Å²) >= 11 is 0. The maximum absolute atomic E-state index is 12.9. The lowest BCUT2D eigenvalue weighted by Crippen LogP contribution is -2.48. The van der Waals surface area contributed by atoms with Crippen LogP contribution < -0.4 is 19.1 Å². The van der Waals surface area contributed by atoms with Crippen LogP contribution in [0.2, 0.25) is 0 Å². The first-order valence-electron chi connectivity index (χ1n) is 9.25. The van der Waals surface area contributed by atoms with E-state index in [1.807, 2.05) is 0 Å². The second-order valence-electron chi connectivity index (χ2n) is 6.85. The number of benzene rings is 2. The van der Waals surface area contributed by atoms with Gasteiger partial charge in [0.1, 0.15) is 17.5 Å². The molecule has 2 aromatic carbocycles. The van der Waals surface area contributed by atoms with Crippen LogP contribution in [0.3, 0.4) is 0 Å². The molecule has 0 radical (unpaired) electrons. The Hall–Kier alpha value is -3.34. The molecule has 11 heteroatoms. The molecular formula is C20H25N3O7S. The molecule has 2 rings (SSSR count). The van der Waals surface area contributed by atoms with Crippen LogP contribution in [0.1, 0.15) is 25.5 Å². The average molecular weight is 452 g/mol. The minimum atomic E-state index is -3.92. The van der Waals surface area contributed by atoms with Crippen molar-refractivity contribution in [2.24, 2.45) is 0 Å². The summed E-state index contributed by atoms with van der Waals surface area (Å²) in [5.41, 5.74) is 0.378. The largest absolute Gasteiger partial charge is 0.497 e. The molecule has 1 amide bonds. The van der Waals surface area contributed by atoms with Gasteiger partial charge in [0.05, 0.1) is 37.1 Å². The van der Waals surface area contributed by atoms with E-state index < -0.39 is 32.9 Å². The van der Waals surface area contributed by atoms with Crippen molar-refractivity contribution in [3.63, 3.8) is 0 Å². The van der Waals surface area contributed by atoms with Crippen molar-refractivity contribution < 1.29 is 27.6 Å². The van der Waals surface area contributed by atoms with E-state index >= 15 is 0 Å². The molecule has 0 aliphatic carbocycles. The molecule has 0 aromatic heterocycles. The Morgan fingerprint density at radius 3 is 2.35 bits per heavy atom. The van der Waals surface area contributed by atoms with Crippen molar-refractivity contribution in [3.05, 3.63) is 58.1 Å². The second-order valence-corrected chi connectivity index (χ2v) is 8.71. The molecule has 2 aromatic rings. The van der Waals surface area contributed by atoms with Crippen LogP contribution in [0.25, 0.3) is 0 Å². The molecule has 0 spiro atoms. The molecule has 0 saturated heterocycles. The van der Waals surface area contributed by atoms with Gasteiger partial charge in [-0.15, -0.1) is 0 Å². The zero-order valence-electron chi connectivity index (χ0n) is 17.9. The third-order valence-electron chi connectivity index (χ3n) is 4.65. The van der Waals surface area contributed by atoms with E-state index in [0.29, 0.717) is 17.1 Å². The summed E-state index contributed by atoms with van der Waals surface area (Å²) in [5.74, 6) is 0.508. The summed E-state index contributed by atoms with van der Waals surface area (Å²) in [7, 11) is -0.913. The van der Waals surface area contributed by atoms with E-state index in [2.05, 4.69) is 5.32 Å². The van der Waals surface area contributed by atoms with Gasteiger partial charge >= 0.3 is 0 Å². The minimum Gasteiger partial charge on any atom is -0.497 e. The van der Waals surface area contributed by atoms with E-state index in [9.17, 15) is 23.3 Å². The third-order valence-corrected chi connectivity index (χ3v) is 5.89. The predicted octanol–water partition coefficient (Wildman–Crippen LogP) is 2.64. The first kappa shape index (κ1) is 23.9. The Labute approximate surface area is 181 Å². The Morgan fingerprint density at radius 2 is 1.81 bits per heavy atom. The molecule has 31 heavy (non-hydrogen) atoms. The number of nitrogens with zero attached hydrogens (tertiary/aromatic N) is 2. The van der Waals surface area contributed by atoms with Crippen molar-refractivity contribution >= 4 is 27.3 Å². The number of methoxy groups -OCH3 is 2. The molecule has 168 valence electrons. The highest BCUT2D eigenvalue weighted by Gasteiger charge is 2.31. The highest BCUT2D eigenvalue weighted by Crippen LogP contribution is 2.30. The highest BCUT2D eigenvalue weighted by atomic mass is 32.2. The molecule has 0 saturated carbocycles. The van der Waals surface area contributed by atoms with E-state index in [-0.39, 0.29) is 11.4 Å². The van der Waals surface area contributed by atoms with Gasteiger partial charge in [-0.1, -0.05) is 6.07 Å². The maximum atomic E-state index is 12.9. The Morgan fingerprint density at radius 1 is 1.13 bits per heavy atom. The summed E-state index contributed by atoms with van der Waals surface area (Å²) in [4.78, 5) is 23.4. The zero-order chi connectivity index (χ0) is 23.3. The smallest absolute Gasteiger partial charge is 0.271 e. The number of non-ortho nitro benzene ring substituents is 1. The topological polar surface area (TPSA) is 128 Å². The van der Waals surface area contributed by atoms with Crippen molar-refractivity contribution in [2.45, 2.75) is 25.9 Å². The Kier molecular flexibility index (Phi) is 7.45. The molecule has 0 bridgehead atoms. The molecule has 10 nitrogen and oxygen atoms in total. The number of hydrogen-bond donors (Lipinski definition) is 1. The summed E-state index contributed by atoms with van der Waals surface area (Å²) in [6.07, 6.45) is 0.935. The van der Waals surface area contributed by atoms with Crippen molar-refractivity contribution in [3.8, 4) is 11.5 Å². The van der Waals surface area contributed by atoms with Gasteiger partial charge in [-0.05, 0) is 38.1 Å². The molecule has 0 aliphatic rings. The number of ether oxygens (including phenoxy) is 2. The lowest BCUT2D eigenvalue weighted by molar-refractivity contribution is -0.384. The first-order chi connectivity index (χ1) is 14.5. The SMILES string of the molecule is COc1ccc(OC)c([C@H](C)NC(=O)[C@@H](C)N(c2cccc([N+](=O)[O-])c2)S(C)(=O)=O)c1. The third kappa shape index (κ3) is 5.63. The van der Waals surface area contributed by atoms with Gasteiger partial charge in [0.25, 0.3) is 5.69 Å². The van der Waals surface area contributed by atoms with Crippen LogP contribution in [0.4, 0.5) is 11.4 Å². The molecular weight excluding hydrogens is 426 g/mol. The van der Waals surface area contributed by atoms with Crippen LogP contribution in [-0.2, 0) is 14.8 Å². The van der Waals surface area contributed by atoms with Gasteiger partial charge in [-0.2, -0.15) is 0 Å². The quantitative estimate of drug-likeness (QED) is 0.458. The Balaban J connectivity index is 2.35. The fourth-order valence-electron chi connectivity index (χ4n) is 3.14. The van der Waals surface area contributed by atoms with Gasteiger partial charge < -0.3 is 14.8 Å². The average Bonchev–Trinajstić information content (AvgIpc) is 2.72. The number of anilines is 1. The van der Waals surface area contributed by atoms with Crippen molar-refractivity contribution in [1.82, 2.24) is 5.32 Å². The lowest BCUT2D eigenvalue weighted by atomic mass is 10.1. The summed E-state index contributed by atoms with van der Waals surface area (Å²) in [6, 6.07) is 8.53. The normalized spacial score (nSPS) is 13.1. The lowest BCUT2D eigenvalue weighted by Gasteiger charge is -2.29. The molecule has 0 unspecified atom stereocenters. The monoisotopic (exact) mass is 451 g/mol. The number of rotatable bonds is 9. The number of sulfonamides is 1. The summed E-state index contributed by atoms with van der Waals surface area (Å²) in [5, 5.41) is 13.8. The number of carbonyl (C=O) groups excluding carboxylic acids is 1. The molecule has 2 atom stereocenters. The van der Waals surface area contributed by atoms with Gasteiger partial charge in [0.15, 0.2) is 0 Å². The molecule has 1 N–H and O–H groups in total. The van der Waals surface area contributed by atoms with Gasteiger partial charge in [-0.25, -0.2) is 8.42 Å². The Bertz CT molecular complexity index is 1070. The predicted molar refractivity (Wildman–Crippen MR) is 116 cm³/mol. The van der Waals surface area contributed by atoms with Gasteiger partial charge in [-0.3, -0.25) is 19.2 Å². The van der Waals surface area contributed by atoms with Gasteiger partial charge in [0.2, 0.25) is 15.9 Å². The number of nitro benzene ring substituents is 1. The first-order valence-corrected chi connectivity index (χ1v) is 11.1. The van der Waals surface area contributed by atoms with E-state index in [1.165, 1.54) is 39.3 Å². The summed E-state index contributed by atoms with van der Waals surface area (Å²) in [6.45, 7) is 3.13. The van der Waals surface area contributed by atoms with Crippen LogP contribution in [0, 0.1) is 10.1 Å². The minimum absolute atomic E-state index is 0.0194. The maximum Gasteiger partial charge on any atom is 0.271 e. The van der Waals surface area contributed by atoms with E-state index in [4.69, 9.17) is 9.47 Å². The standard InChI is InChI=1S/C20H25N3O7S/c1-13(18-12-17(29-3)9-10-19(18)30-4)21-20(24)14(2)22(31(5,27)28)15-7-6-8-16(11-15)23(25)26/h6-14H,1-5H3,(H,21,24)/t13-,14+/m0/s1. The number of nitrogens with one attached hydrogen (secondary N) is 1. The van der Waals surface area contributed by atoms with Gasteiger partial charge in [0, 0.05) is 17.7 Å². The number of hydrogen-bond acceptors (Lipinski definition) is 7. The number of amides is 1. The van der Waals surface area contributed by atoms with Crippen LogP contribution >= 0.6 is 0 Å². The van der Waals surface area contributed by atoms with E-state index in [0.717, 1.165) is 16.6 Å². The molecule has 0 aliphatic heterocycles. The fourth-order valence-corrected chi connectivity index (χ4v) is 4.31. The molecule has 0 fully saturated rings. The van der Waals surface area contributed by atoms with Crippen molar-refractivity contribution in [2.75, 3.05) is 24.8 Å². The van der Waals surface area contributed by atoms with Crippen LogP contribution in [0.5, 0.6) is 11.5 Å². The number of nitro groups is 1. The fraction of sp³-hybridized carbons (Fsp3) is 0.350. The second kappa shape index (κ2) is 9.65. The molecule has 0 heterocycles.